The first kappa shape index (κ1) is 17.8. The van der Waals surface area contributed by atoms with E-state index in [1.54, 1.807) is 44.4 Å². The number of hydrogen-bond acceptors (Lipinski definition) is 4. The van der Waals surface area contributed by atoms with Crippen LogP contribution in [0, 0.1) is 0 Å². The Bertz CT molecular complexity index is 910. The molecule has 2 N–H and O–H groups in total. The van der Waals surface area contributed by atoms with Crippen LogP contribution in [0.15, 0.2) is 54.6 Å². The zero-order valence-corrected chi connectivity index (χ0v) is 15.1. The zero-order chi connectivity index (χ0) is 18.5. The van der Waals surface area contributed by atoms with Gasteiger partial charge < -0.3 is 14.8 Å². The van der Waals surface area contributed by atoms with Gasteiger partial charge in [-0.25, -0.2) is 0 Å². The number of anilines is 1. The molecule has 0 saturated heterocycles. The molecule has 0 spiro atoms. The summed E-state index contributed by atoms with van der Waals surface area (Å²) in [7, 11) is 1.60. The Balaban J connectivity index is 1.67. The van der Waals surface area contributed by atoms with Gasteiger partial charge in [-0.1, -0.05) is 29.8 Å². The maximum absolute atomic E-state index is 12.3. The van der Waals surface area contributed by atoms with Crippen molar-refractivity contribution in [1.82, 2.24) is 10.2 Å². The average Bonchev–Trinajstić information content (AvgIpc) is 3.10. The number of methoxy groups -OCH3 is 1. The number of benzene rings is 2. The molecule has 1 atom stereocenters. The molecule has 0 aliphatic heterocycles. The molecule has 0 radical (unpaired) electrons. The molecule has 0 unspecified atom stereocenters. The minimum atomic E-state index is -0.708. The number of hydrogen-bond donors (Lipinski definition) is 2. The van der Waals surface area contributed by atoms with E-state index in [1.165, 1.54) is 0 Å². The predicted molar refractivity (Wildman–Crippen MR) is 101 cm³/mol. The number of nitrogens with zero attached hydrogens (tertiary/aromatic N) is 1. The molecule has 0 saturated carbocycles. The number of para-hydroxylation sites is 1. The molecule has 3 rings (SSSR count). The van der Waals surface area contributed by atoms with Crippen LogP contribution in [-0.2, 0) is 4.79 Å². The van der Waals surface area contributed by atoms with Crippen molar-refractivity contribution in [3.63, 3.8) is 0 Å². The number of nitrogens with one attached hydrogen (secondary N) is 2. The van der Waals surface area contributed by atoms with Crippen LogP contribution in [-0.4, -0.2) is 29.3 Å². The van der Waals surface area contributed by atoms with Crippen LogP contribution < -0.4 is 14.8 Å². The lowest BCUT2D eigenvalue weighted by atomic mass is 10.1. The molecule has 3 aromatic rings. The molecule has 26 heavy (non-hydrogen) atoms. The van der Waals surface area contributed by atoms with Crippen LogP contribution in [0.25, 0.3) is 11.3 Å². The molecule has 0 fully saturated rings. The van der Waals surface area contributed by atoms with Gasteiger partial charge in [0, 0.05) is 16.7 Å². The summed E-state index contributed by atoms with van der Waals surface area (Å²) in [4.78, 5) is 12.3. The molecule has 1 aromatic heterocycles. The van der Waals surface area contributed by atoms with E-state index in [2.05, 4.69) is 15.5 Å². The predicted octanol–water partition coefficient (Wildman–Crippen LogP) is 4.14. The number of aromatic amines is 1. The SMILES string of the molecule is COc1ccccc1-c1cc(NC(=O)[C@H](C)Oc2cccc(Cl)c2)n[nH]1. The second-order valence-electron chi connectivity index (χ2n) is 5.57. The Labute approximate surface area is 156 Å². The normalized spacial score (nSPS) is 11.7. The third-order valence-electron chi connectivity index (χ3n) is 3.70. The second kappa shape index (κ2) is 7.93. The number of H-pyrrole nitrogens is 1. The molecule has 1 amide bonds. The monoisotopic (exact) mass is 371 g/mol. The maximum atomic E-state index is 12.3. The minimum absolute atomic E-state index is 0.317. The van der Waals surface area contributed by atoms with Crippen LogP contribution >= 0.6 is 11.6 Å². The Hall–Kier alpha value is -2.99. The first-order valence-corrected chi connectivity index (χ1v) is 8.36. The van der Waals surface area contributed by atoms with Gasteiger partial charge in [0.2, 0.25) is 0 Å². The van der Waals surface area contributed by atoms with E-state index in [-0.39, 0.29) is 5.91 Å². The quantitative estimate of drug-likeness (QED) is 0.682. The van der Waals surface area contributed by atoms with Crippen molar-refractivity contribution in [1.29, 1.82) is 0 Å². The summed E-state index contributed by atoms with van der Waals surface area (Å²) >= 11 is 5.92. The van der Waals surface area contributed by atoms with E-state index in [1.807, 2.05) is 24.3 Å². The van der Waals surface area contributed by atoms with Gasteiger partial charge >= 0.3 is 0 Å². The van der Waals surface area contributed by atoms with Crippen LogP contribution in [0.2, 0.25) is 5.02 Å². The van der Waals surface area contributed by atoms with Gasteiger partial charge in [-0.2, -0.15) is 5.10 Å². The fraction of sp³-hybridized carbons (Fsp3) is 0.158. The third kappa shape index (κ3) is 4.15. The van der Waals surface area contributed by atoms with Gasteiger partial charge in [0.1, 0.15) is 11.5 Å². The van der Waals surface area contributed by atoms with Crippen molar-refractivity contribution in [3.8, 4) is 22.8 Å². The Morgan fingerprint density at radius 3 is 2.77 bits per heavy atom. The fourth-order valence-electron chi connectivity index (χ4n) is 2.42. The van der Waals surface area contributed by atoms with Crippen molar-refractivity contribution in [2.24, 2.45) is 0 Å². The highest BCUT2D eigenvalue weighted by Gasteiger charge is 2.17. The van der Waals surface area contributed by atoms with Gasteiger partial charge in [-0.15, -0.1) is 0 Å². The van der Waals surface area contributed by atoms with Crippen LogP contribution in [0.3, 0.4) is 0 Å². The van der Waals surface area contributed by atoms with Crippen LogP contribution in [0.1, 0.15) is 6.92 Å². The summed E-state index contributed by atoms with van der Waals surface area (Å²) in [6, 6.07) is 16.2. The van der Waals surface area contributed by atoms with Crippen LogP contribution in [0.4, 0.5) is 5.82 Å². The Morgan fingerprint density at radius 2 is 2.00 bits per heavy atom. The standard InChI is InChI=1S/C19H18ClN3O3/c1-12(26-14-7-5-6-13(20)10-14)19(24)21-18-11-16(22-23-18)15-8-3-4-9-17(15)25-2/h3-12H,1-2H3,(H2,21,22,23,24)/t12-/m0/s1. The van der Waals surface area contributed by atoms with Gasteiger partial charge in [0.25, 0.3) is 5.91 Å². The summed E-state index contributed by atoms with van der Waals surface area (Å²) in [5, 5.41) is 10.3. The smallest absolute Gasteiger partial charge is 0.266 e. The Morgan fingerprint density at radius 1 is 1.19 bits per heavy atom. The van der Waals surface area contributed by atoms with Crippen molar-refractivity contribution >= 4 is 23.3 Å². The molecule has 0 aliphatic carbocycles. The molecule has 134 valence electrons. The molecule has 0 bridgehead atoms. The molecule has 7 heteroatoms. The first-order chi connectivity index (χ1) is 12.6. The number of carbonyl (C=O) groups excluding carboxylic acids is 1. The van der Waals surface area contributed by atoms with E-state index in [0.717, 1.165) is 11.3 Å². The summed E-state index contributed by atoms with van der Waals surface area (Å²) in [5.74, 6) is 1.32. The second-order valence-corrected chi connectivity index (χ2v) is 6.01. The fourth-order valence-corrected chi connectivity index (χ4v) is 2.60. The lowest BCUT2D eigenvalue weighted by Crippen LogP contribution is -2.30. The summed E-state index contributed by atoms with van der Waals surface area (Å²) in [5.41, 5.74) is 1.59. The first-order valence-electron chi connectivity index (χ1n) is 7.98. The molecule has 2 aromatic carbocycles. The zero-order valence-electron chi connectivity index (χ0n) is 14.3. The van der Waals surface area contributed by atoms with E-state index in [4.69, 9.17) is 21.1 Å². The number of carbonyl (C=O) groups is 1. The average molecular weight is 372 g/mol. The number of halogens is 1. The van der Waals surface area contributed by atoms with Crippen molar-refractivity contribution in [3.05, 3.63) is 59.6 Å². The number of rotatable bonds is 6. The van der Waals surface area contributed by atoms with Crippen molar-refractivity contribution in [2.75, 3.05) is 12.4 Å². The van der Waals surface area contributed by atoms with Crippen LogP contribution in [0.5, 0.6) is 11.5 Å². The maximum Gasteiger partial charge on any atom is 0.266 e. The van der Waals surface area contributed by atoms with Gasteiger partial charge in [-0.05, 0) is 37.3 Å². The molecular weight excluding hydrogens is 354 g/mol. The molecule has 6 nitrogen and oxygen atoms in total. The largest absolute Gasteiger partial charge is 0.496 e. The van der Waals surface area contributed by atoms with Crippen molar-refractivity contribution in [2.45, 2.75) is 13.0 Å². The van der Waals surface area contributed by atoms with Gasteiger partial charge in [-0.3, -0.25) is 9.89 Å². The summed E-state index contributed by atoms with van der Waals surface area (Å²) in [6.45, 7) is 1.66. The number of ether oxygens (including phenoxy) is 2. The van der Waals surface area contributed by atoms with E-state index in [9.17, 15) is 4.79 Å². The minimum Gasteiger partial charge on any atom is -0.496 e. The number of aromatic nitrogens is 2. The highest BCUT2D eigenvalue weighted by atomic mass is 35.5. The van der Waals surface area contributed by atoms with Gasteiger partial charge in [0.15, 0.2) is 11.9 Å². The lowest BCUT2D eigenvalue weighted by Gasteiger charge is -2.13. The molecular formula is C19H18ClN3O3. The highest BCUT2D eigenvalue weighted by molar-refractivity contribution is 6.30. The third-order valence-corrected chi connectivity index (χ3v) is 3.94. The summed E-state index contributed by atoms with van der Waals surface area (Å²) < 4.78 is 10.9. The number of amides is 1. The topological polar surface area (TPSA) is 76.2 Å². The van der Waals surface area contributed by atoms with Gasteiger partial charge in [0.05, 0.1) is 12.8 Å². The molecule has 1 heterocycles. The van der Waals surface area contributed by atoms with E-state index < -0.39 is 6.10 Å². The lowest BCUT2D eigenvalue weighted by molar-refractivity contribution is -0.122. The highest BCUT2D eigenvalue weighted by Crippen LogP contribution is 2.29. The molecule has 0 aliphatic rings. The van der Waals surface area contributed by atoms with E-state index in [0.29, 0.717) is 22.3 Å². The van der Waals surface area contributed by atoms with E-state index >= 15 is 0 Å². The summed E-state index contributed by atoms with van der Waals surface area (Å²) in [6.07, 6.45) is -0.708. The van der Waals surface area contributed by atoms with Crippen molar-refractivity contribution < 1.29 is 14.3 Å². The Kier molecular flexibility index (Phi) is 5.43.